The van der Waals surface area contributed by atoms with Crippen LogP contribution in [0.1, 0.15) is 29.1 Å². The molecule has 21 heavy (non-hydrogen) atoms. The van der Waals surface area contributed by atoms with Gasteiger partial charge >= 0.3 is 0 Å². The van der Waals surface area contributed by atoms with Crippen molar-refractivity contribution >= 4 is 11.7 Å². The molecular formula is C15H18N4O2. The van der Waals surface area contributed by atoms with Crippen molar-refractivity contribution in [3.8, 4) is 0 Å². The van der Waals surface area contributed by atoms with Crippen LogP contribution in [0.15, 0.2) is 35.2 Å². The molecule has 0 unspecified atom stereocenters. The molecule has 110 valence electrons. The van der Waals surface area contributed by atoms with Crippen molar-refractivity contribution in [1.82, 2.24) is 14.9 Å². The summed E-state index contributed by atoms with van der Waals surface area (Å²) in [7, 11) is 0. The van der Waals surface area contributed by atoms with E-state index in [1.54, 1.807) is 12.5 Å². The maximum atomic E-state index is 12.2. The lowest BCUT2D eigenvalue weighted by Gasteiger charge is -2.14. The molecule has 0 aliphatic carbocycles. The van der Waals surface area contributed by atoms with Crippen LogP contribution in [0.3, 0.4) is 0 Å². The van der Waals surface area contributed by atoms with Crippen molar-refractivity contribution in [1.29, 1.82) is 0 Å². The number of furan rings is 1. The van der Waals surface area contributed by atoms with E-state index in [4.69, 9.17) is 4.42 Å². The van der Waals surface area contributed by atoms with Gasteiger partial charge in [0.25, 0.3) is 5.91 Å². The molecule has 1 fully saturated rings. The van der Waals surface area contributed by atoms with Crippen LogP contribution in [0.25, 0.3) is 0 Å². The summed E-state index contributed by atoms with van der Waals surface area (Å²) in [6, 6.07) is 3.80. The summed E-state index contributed by atoms with van der Waals surface area (Å²) in [6.07, 6.45) is 7.71. The van der Waals surface area contributed by atoms with E-state index in [0.29, 0.717) is 18.1 Å². The summed E-state index contributed by atoms with van der Waals surface area (Å²) in [5.74, 6) is 1.50. The van der Waals surface area contributed by atoms with Crippen LogP contribution in [-0.2, 0) is 6.42 Å². The van der Waals surface area contributed by atoms with Crippen LogP contribution in [0.4, 0.5) is 5.82 Å². The van der Waals surface area contributed by atoms with Crippen LogP contribution in [-0.4, -0.2) is 40.4 Å². The minimum atomic E-state index is -0.0327. The third kappa shape index (κ3) is 3.39. The van der Waals surface area contributed by atoms with Crippen LogP contribution in [0, 0.1) is 0 Å². The zero-order valence-corrected chi connectivity index (χ0v) is 11.8. The molecule has 0 radical (unpaired) electrons. The predicted octanol–water partition coefficient (Wildman–Crippen LogP) is 1.96. The van der Waals surface area contributed by atoms with E-state index in [1.807, 2.05) is 17.0 Å². The molecule has 0 bridgehead atoms. The van der Waals surface area contributed by atoms with Gasteiger partial charge in [0.1, 0.15) is 17.3 Å². The van der Waals surface area contributed by atoms with Crippen molar-refractivity contribution in [2.75, 3.05) is 25.0 Å². The monoisotopic (exact) mass is 286 g/mol. The second-order valence-corrected chi connectivity index (χ2v) is 5.05. The number of carbonyl (C=O) groups excluding carboxylic acids is 1. The molecule has 6 nitrogen and oxygen atoms in total. The zero-order chi connectivity index (χ0) is 14.5. The molecule has 3 heterocycles. The molecule has 6 heteroatoms. The van der Waals surface area contributed by atoms with Gasteiger partial charge in [-0.1, -0.05) is 0 Å². The molecule has 0 saturated carbocycles. The van der Waals surface area contributed by atoms with E-state index in [0.717, 1.165) is 38.1 Å². The average molecular weight is 286 g/mol. The fraction of sp³-hybridized carbons (Fsp3) is 0.400. The number of rotatable bonds is 5. The fourth-order valence-electron chi connectivity index (χ4n) is 2.41. The summed E-state index contributed by atoms with van der Waals surface area (Å²) < 4.78 is 5.26. The second-order valence-electron chi connectivity index (χ2n) is 5.05. The van der Waals surface area contributed by atoms with Crippen molar-refractivity contribution in [2.24, 2.45) is 0 Å². The number of anilines is 1. The second kappa shape index (κ2) is 6.39. The zero-order valence-electron chi connectivity index (χ0n) is 11.8. The maximum absolute atomic E-state index is 12.2. The highest BCUT2D eigenvalue weighted by Crippen LogP contribution is 2.12. The van der Waals surface area contributed by atoms with E-state index in [2.05, 4.69) is 15.3 Å². The molecule has 1 aliphatic rings. The lowest BCUT2D eigenvalue weighted by atomic mass is 10.3. The van der Waals surface area contributed by atoms with Crippen LogP contribution in [0.2, 0.25) is 0 Å². The molecule has 0 aromatic carbocycles. The first-order valence-electron chi connectivity index (χ1n) is 7.20. The lowest BCUT2D eigenvalue weighted by Crippen LogP contribution is -2.28. The summed E-state index contributed by atoms with van der Waals surface area (Å²) in [5, 5.41) is 3.16. The standard InChI is InChI=1S/C15H18N4O2/c20-15(19-7-1-2-8-19)13-10-16-11-14(18-13)17-6-5-12-4-3-9-21-12/h3-4,9-11H,1-2,5-8H2,(H,17,18). The average Bonchev–Trinajstić information content (AvgIpc) is 3.20. The predicted molar refractivity (Wildman–Crippen MR) is 78.1 cm³/mol. The van der Waals surface area contributed by atoms with E-state index in [1.165, 1.54) is 6.20 Å². The number of hydrogen-bond donors (Lipinski definition) is 1. The van der Waals surface area contributed by atoms with Crippen LogP contribution < -0.4 is 5.32 Å². The Morgan fingerprint density at radius 1 is 1.33 bits per heavy atom. The first-order valence-corrected chi connectivity index (χ1v) is 7.20. The van der Waals surface area contributed by atoms with E-state index in [9.17, 15) is 4.79 Å². The summed E-state index contributed by atoms with van der Waals surface area (Å²) >= 11 is 0. The third-order valence-corrected chi connectivity index (χ3v) is 3.50. The molecule has 0 spiro atoms. The molecule has 1 aliphatic heterocycles. The first kappa shape index (κ1) is 13.6. The molecule has 3 rings (SSSR count). The third-order valence-electron chi connectivity index (χ3n) is 3.50. The quantitative estimate of drug-likeness (QED) is 0.909. The Hall–Kier alpha value is -2.37. The van der Waals surface area contributed by atoms with Gasteiger partial charge in [-0.15, -0.1) is 0 Å². The Morgan fingerprint density at radius 3 is 2.95 bits per heavy atom. The van der Waals surface area contributed by atoms with E-state index < -0.39 is 0 Å². The minimum Gasteiger partial charge on any atom is -0.469 e. The summed E-state index contributed by atoms with van der Waals surface area (Å²) in [5.41, 5.74) is 0.403. The number of likely N-dealkylation sites (tertiary alicyclic amines) is 1. The highest BCUT2D eigenvalue weighted by atomic mass is 16.3. The normalized spacial score (nSPS) is 14.4. The van der Waals surface area contributed by atoms with Gasteiger partial charge in [-0.05, 0) is 25.0 Å². The van der Waals surface area contributed by atoms with Gasteiger partial charge in [-0.25, -0.2) is 4.98 Å². The van der Waals surface area contributed by atoms with Gasteiger partial charge in [0.15, 0.2) is 0 Å². The number of carbonyl (C=O) groups is 1. The van der Waals surface area contributed by atoms with Crippen LogP contribution in [0.5, 0.6) is 0 Å². The first-order chi connectivity index (χ1) is 10.3. The number of nitrogens with zero attached hydrogens (tertiary/aromatic N) is 3. The Morgan fingerprint density at radius 2 is 2.19 bits per heavy atom. The van der Waals surface area contributed by atoms with Crippen LogP contribution >= 0.6 is 0 Å². The lowest BCUT2D eigenvalue weighted by molar-refractivity contribution is 0.0786. The van der Waals surface area contributed by atoms with Gasteiger partial charge in [0.2, 0.25) is 0 Å². The Bertz CT molecular complexity index is 591. The van der Waals surface area contributed by atoms with Crippen molar-refractivity contribution in [3.63, 3.8) is 0 Å². The van der Waals surface area contributed by atoms with Gasteiger partial charge in [-0.3, -0.25) is 9.78 Å². The smallest absolute Gasteiger partial charge is 0.274 e. The molecule has 2 aromatic rings. The summed E-state index contributed by atoms with van der Waals surface area (Å²) in [4.78, 5) is 22.5. The molecule has 0 atom stereocenters. The number of aromatic nitrogens is 2. The van der Waals surface area contributed by atoms with Crippen molar-refractivity contribution in [2.45, 2.75) is 19.3 Å². The van der Waals surface area contributed by atoms with Gasteiger partial charge in [0.05, 0.1) is 18.7 Å². The fourth-order valence-corrected chi connectivity index (χ4v) is 2.41. The van der Waals surface area contributed by atoms with E-state index >= 15 is 0 Å². The number of hydrogen-bond acceptors (Lipinski definition) is 5. The Labute approximate surface area is 123 Å². The molecule has 1 N–H and O–H groups in total. The van der Waals surface area contributed by atoms with Crippen molar-refractivity contribution < 1.29 is 9.21 Å². The Kier molecular flexibility index (Phi) is 4.14. The molecule has 2 aromatic heterocycles. The number of amides is 1. The van der Waals surface area contributed by atoms with E-state index in [-0.39, 0.29) is 5.91 Å². The molecule has 1 amide bonds. The van der Waals surface area contributed by atoms with Gasteiger partial charge in [0, 0.05) is 26.1 Å². The maximum Gasteiger partial charge on any atom is 0.274 e. The number of nitrogens with one attached hydrogen (secondary N) is 1. The Balaban J connectivity index is 1.58. The topological polar surface area (TPSA) is 71.3 Å². The SMILES string of the molecule is O=C(c1cncc(NCCc2ccco2)n1)N1CCCC1. The largest absolute Gasteiger partial charge is 0.469 e. The van der Waals surface area contributed by atoms with Gasteiger partial charge < -0.3 is 14.6 Å². The van der Waals surface area contributed by atoms with Crippen molar-refractivity contribution in [3.05, 3.63) is 42.2 Å². The highest BCUT2D eigenvalue weighted by molar-refractivity contribution is 5.92. The summed E-state index contributed by atoms with van der Waals surface area (Å²) in [6.45, 7) is 2.32. The van der Waals surface area contributed by atoms with Gasteiger partial charge in [-0.2, -0.15) is 0 Å². The molecule has 1 saturated heterocycles. The highest BCUT2D eigenvalue weighted by Gasteiger charge is 2.20. The molecular weight excluding hydrogens is 268 g/mol. The minimum absolute atomic E-state index is 0.0327.